The lowest BCUT2D eigenvalue weighted by molar-refractivity contribution is 0.418. The van der Waals surface area contributed by atoms with Crippen molar-refractivity contribution in [1.29, 1.82) is 0 Å². The number of nitrogens with two attached hydrogens (primary N) is 1. The number of hydrogen-bond donors (Lipinski definition) is 1. The molecule has 0 saturated heterocycles. The first-order valence-electron chi connectivity index (χ1n) is 3.60. The Morgan fingerprint density at radius 2 is 2.23 bits per heavy atom. The van der Waals surface area contributed by atoms with E-state index in [0.29, 0.717) is 5.69 Å². The Labute approximate surface area is 73.2 Å². The van der Waals surface area contributed by atoms with Gasteiger partial charge in [0.2, 0.25) is 12.2 Å². The van der Waals surface area contributed by atoms with Crippen molar-refractivity contribution in [2.75, 3.05) is 5.73 Å². The number of hydrogen-bond acceptors (Lipinski definition) is 4. The summed E-state index contributed by atoms with van der Waals surface area (Å²) < 4.78 is 17.7. The van der Waals surface area contributed by atoms with Gasteiger partial charge in [-0.05, 0) is 12.1 Å². The summed E-state index contributed by atoms with van der Waals surface area (Å²) in [6.07, 6.45) is 1.13. The molecule has 0 fully saturated rings. The molecule has 0 radical (unpaired) electrons. The van der Waals surface area contributed by atoms with Crippen LogP contribution in [0.3, 0.4) is 0 Å². The van der Waals surface area contributed by atoms with E-state index in [1.165, 1.54) is 12.1 Å². The second kappa shape index (κ2) is 2.85. The van der Waals surface area contributed by atoms with E-state index in [9.17, 15) is 4.39 Å². The van der Waals surface area contributed by atoms with Crippen LogP contribution in [-0.2, 0) is 0 Å². The van der Waals surface area contributed by atoms with Gasteiger partial charge in [0.15, 0.2) is 0 Å². The van der Waals surface area contributed by atoms with Crippen molar-refractivity contribution in [2.45, 2.75) is 0 Å². The maximum absolute atomic E-state index is 13.2. The first-order valence-corrected chi connectivity index (χ1v) is 3.60. The number of rotatable bonds is 1. The van der Waals surface area contributed by atoms with Crippen molar-refractivity contribution in [3.05, 3.63) is 30.4 Å². The fourth-order valence-corrected chi connectivity index (χ4v) is 1.06. The highest BCUT2D eigenvalue weighted by molar-refractivity contribution is 5.71. The molecule has 1 heterocycles. The van der Waals surface area contributed by atoms with Crippen LogP contribution in [0.15, 0.2) is 29.1 Å². The lowest BCUT2D eigenvalue weighted by Crippen LogP contribution is -1.94. The Hall–Kier alpha value is -1.91. The van der Waals surface area contributed by atoms with Crippen LogP contribution in [0.1, 0.15) is 0 Å². The van der Waals surface area contributed by atoms with Crippen LogP contribution in [0, 0.1) is 5.82 Å². The quantitative estimate of drug-likeness (QED) is 0.673. The van der Waals surface area contributed by atoms with E-state index >= 15 is 0 Å². The highest BCUT2D eigenvalue weighted by Crippen LogP contribution is 2.25. The molecule has 5 heteroatoms. The highest BCUT2D eigenvalue weighted by atomic mass is 19.1. The van der Waals surface area contributed by atoms with E-state index in [2.05, 4.69) is 14.7 Å². The molecule has 13 heavy (non-hydrogen) atoms. The summed E-state index contributed by atoms with van der Waals surface area (Å²) in [6.45, 7) is 0. The Bertz CT molecular complexity index is 393. The zero-order chi connectivity index (χ0) is 9.26. The molecular weight excluding hydrogens is 173 g/mol. The highest BCUT2D eigenvalue weighted by Gasteiger charge is 2.12. The van der Waals surface area contributed by atoms with Crippen LogP contribution < -0.4 is 5.73 Å². The van der Waals surface area contributed by atoms with Gasteiger partial charge in [-0.1, -0.05) is 11.2 Å². The number of halogens is 1. The van der Waals surface area contributed by atoms with Gasteiger partial charge in [-0.2, -0.15) is 4.98 Å². The van der Waals surface area contributed by atoms with Gasteiger partial charge in [0.1, 0.15) is 5.82 Å². The molecule has 0 atom stereocenters. The largest absolute Gasteiger partial charge is 0.398 e. The molecule has 0 aliphatic carbocycles. The summed E-state index contributed by atoms with van der Waals surface area (Å²) in [7, 11) is 0. The smallest absolute Gasteiger partial charge is 0.214 e. The van der Waals surface area contributed by atoms with Crippen molar-refractivity contribution in [1.82, 2.24) is 10.1 Å². The predicted octanol–water partition coefficient (Wildman–Crippen LogP) is 1.46. The molecule has 2 rings (SSSR count). The third-order valence-electron chi connectivity index (χ3n) is 1.63. The lowest BCUT2D eigenvalue weighted by atomic mass is 10.1. The molecule has 0 bridgehead atoms. The molecule has 2 N–H and O–H groups in total. The summed E-state index contributed by atoms with van der Waals surface area (Å²) >= 11 is 0. The van der Waals surface area contributed by atoms with Crippen LogP contribution in [-0.4, -0.2) is 10.1 Å². The van der Waals surface area contributed by atoms with E-state index in [0.717, 1.165) is 6.39 Å². The fourth-order valence-electron chi connectivity index (χ4n) is 1.06. The van der Waals surface area contributed by atoms with Crippen molar-refractivity contribution in [2.24, 2.45) is 0 Å². The third-order valence-corrected chi connectivity index (χ3v) is 1.63. The van der Waals surface area contributed by atoms with Gasteiger partial charge >= 0.3 is 0 Å². The second-order valence-electron chi connectivity index (χ2n) is 2.46. The maximum atomic E-state index is 13.2. The molecule has 0 aliphatic heterocycles. The van der Waals surface area contributed by atoms with Crippen molar-refractivity contribution in [3.8, 4) is 11.4 Å². The molecule has 1 aromatic heterocycles. The molecule has 1 aromatic carbocycles. The molecule has 2 aromatic rings. The second-order valence-corrected chi connectivity index (χ2v) is 2.46. The van der Waals surface area contributed by atoms with Crippen LogP contribution in [0.4, 0.5) is 10.1 Å². The topological polar surface area (TPSA) is 64.9 Å². The van der Waals surface area contributed by atoms with Crippen LogP contribution in [0.5, 0.6) is 0 Å². The fraction of sp³-hybridized carbons (Fsp3) is 0. The van der Waals surface area contributed by atoms with Gasteiger partial charge < -0.3 is 10.3 Å². The summed E-state index contributed by atoms with van der Waals surface area (Å²) in [5.41, 5.74) is 6.02. The van der Waals surface area contributed by atoms with Crippen molar-refractivity contribution < 1.29 is 8.91 Å². The molecule has 0 unspecified atom stereocenters. The molecule has 0 saturated carbocycles. The Morgan fingerprint density at radius 3 is 2.85 bits per heavy atom. The van der Waals surface area contributed by atoms with E-state index in [1.807, 2.05) is 0 Å². The van der Waals surface area contributed by atoms with Gasteiger partial charge in [-0.25, -0.2) is 4.39 Å². The van der Waals surface area contributed by atoms with E-state index < -0.39 is 5.82 Å². The van der Waals surface area contributed by atoms with Crippen molar-refractivity contribution >= 4 is 5.69 Å². The SMILES string of the molecule is Nc1cccc(F)c1-c1ncon1. The third kappa shape index (κ3) is 1.24. The zero-order valence-corrected chi connectivity index (χ0v) is 6.57. The van der Waals surface area contributed by atoms with Crippen molar-refractivity contribution in [3.63, 3.8) is 0 Å². The maximum Gasteiger partial charge on any atom is 0.214 e. The molecule has 0 amide bonds. The summed E-state index contributed by atoms with van der Waals surface area (Å²) in [6, 6.07) is 4.39. The minimum Gasteiger partial charge on any atom is -0.398 e. The summed E-state index contributed by atoms with van der Waals surface area (Å²) in [5, 5.41) is 3.50. The molecule has 4 nitrogen and oxygen atoms in total. The van der Waals surface area contributed by atoms with Gasteiger partial charge in [-0.15, -0.1) is 0 Å². The number of nitrogen functional groups attached to an aromatic ring is 1. The average Bonchev–Trinajstić information content (AvgIpc) is 2.57. The van der Waals surface area contributed by atoms with Gasteiger partial charge in [0, 0.05) is 5.69 Å². The van der Waals surface area contributed by atoms with E-state index in [-0.39, 0.29) is 11.4 Å². The Morgan fingerprint density at radius 1 is 1.38 bits per heavy atom. The lowest BCUT2D eigenvalue weighted by Gasteiger charge is -2.00. The van der Waals surface area contributed by atoms with E-state index in [1.54, 1.807) is 6.07 Å². The minimum absolute atomic E-state index is 0.163. The summed E-state index contributed by atoms with van der Waals surface area (Å²) in [4.78, 5) is 3.71. The Balaban J connectivity index is 2.64. The number of benzene rings is 1. The average molecular weight is 179 g/mol. The predicted molar refractivity (Wildman–Crippen MR) is 44.1 cm³/mol. The van der Waals surface area contributed by atoms with Crippen LogP contribution in [0.2, 0.25) is 0 Å². The first-order chi connectivity index (χ1) is 6.29. The molecule has 0 aliphatic rings. The Kier molecular flexibility index (Phi) is 1.70. The monoisotopic (exact) mass is 179 g/mol. The number of nitrogens with zero attached hydrogens (tertiary/aromatic N) is 2. The van der Waals surface area contributed by atoms with Gasteiger partial charge in [0.05, 0.1) is 5.56 Å². The van der Waals surface area contributed by atoms with Crippen LogP contribution >= 0.6 is 0 Å². The van der Waals surface area contributed by atoms with Gasteiger partial charge in [-0.3, -0.25) is 0 Å². The molecule has 66 valence electrons. The standard InChI is InChI=1S/C8H6FN3O/c9-5-2-1-3-6(10)7(5)8-11-4-13-12-8/h1-4H,10H2. The van der Waals surface area contributed by atoms with Gasteiger partial charge in [0.25, 0.3) is 0 Å². The normalized spacial score (nSPS) is 10.2. The molecule has 0 spiro atoms. The number of anilines is 1. The minimum atomic E-state index is -0.457. The molecular formula is C8H6FN3O. The number of aromatic nitrogens is 2. The summed E-state index contributed by atoms with van der Waals surface area (Å²) in [5.74, 6) is -0.294. The zero-order valence-electron chi connectivity index (χ0n) is 6.57. The first kappa shape index (κ1) is 7.72. The van der Waals surface area contributed by atoms with E-state index in [4.69, 9.17) is 5.73 Å². The van der Waals surface area contributed by atoms with Crippen LogP contribution in [0.25, 0.3) is 11.4 Å².